The van der Waals surface area contributed by atoms with Gasteiger partial charge in [-0.2, -0.15) is 0 Å². The second-order valence-corrected chi connectivity index (χ2v) is 10.4. The fourth-order valence-corrected chi connectivity index (χ4v) is 4.78. The summed E-state index contributed by atoms with van der Waals surface area (Å²) in [5.41, 5.74) is 9.23. The van der Waals surface area contributed by atoms with Crippen LogP contribution < -0.4 is 5.73 Å². The van der Waals surface area contributed by atoms with E-state index in [9.17, 15) is 13.2 Å². The van der Waals surface area contributed by atoms with E-state index in [0.29, 0.717) is 29.8 Å². The number of unbranched alkanes of at least 4 members (excludes halogenated alkanes) is 1. The van der Waals surface area contributed by atoms with Gasteiger partial charge in [0.15, 0.2) is 9.84 Å². The Kier molecular flexibility index (Phi) is 8.23. The van der Waals surface area contributed by atoms with E-state index in [0.717, 1.165) is 24.0 Å². The molecule has 0 spiro atoms. The number of nitrogens with zero attached hydrogens (tertiary/aromatic N) is 1. The maximum atomic E-state index is 13.3. The molecule has 0 unspecified atom stereocenters. The van der Waals surface area contributed by atoms with Crippen molar-refractivity contribution in [3.8, 4) is 11.1 Å². The zero-order valence-corrected chi connectivity index (χ0v) is 20.4. The predicted molar refractivity (Wildman–Crippen MR) is 136 cm³/mol. The highest BCUT2D eigenvalue weighted by molar-refractivity contribution is 7.90. The largest absolute Gasteiger partial charge is 0.384 e. The standard InChI is InChI=1S/C27H31N3O3S/c1-3-4-15-30(19-21-9-8-12-23(16-21)27(28)29)26(31)18-20-13-14-24(22-10-6-5-7-11-22)25(17-20)34(2,32)33/h5-14,16-17H,3-4,15,18-19H2,1-2H3,(H3,28,29). The Morgan fingerprint density at radius 1 is 0.971 bits per heavy atom. The van der Waals surface area contributed by atoms with E-state index in [-0.39, 0.29) is 23.1 Å². The molecule has 34 heavy (non-hydrogen) atoms. The molecular formula is C27H31N3O3S. The third kappa shape index (κ3) is 6.54. The molecule has 0 aliphatic carbocycles. The SMILES string of the molecule is CCCCN(Cc1cccc(C(=N)N)c1)C(=O)Cc1ccc(-c2ccccc2)c(S(C)(=O)=O)c1. The normalized spacial score (nSPS) is 11.2. The van der Waals surface area contributed by atoms with Gasteiger partial charge in [-0.15, -0.1) is 0 Å². The maximum Gasteiger partial charge on any atom is 0.227 e. The number of carbonyl (C=O) groups excluding carboxylic acids is 1. The number of benzene rings is 3. The number of carbonyl (C=O) groups is 1. The van der Waals surface area contributed by atoms with Crippen LogP contribution in [0.1, 0.15) is 36.5 Å². The van der Waals surface area contributed by atoms with Crippen LogP contribution >= 0.6 is 0 Å². The molecule has 0 aliphatic heterocycles. The number of sulfone groups is 1. The van der Waals surface area contributed by atoms with Crippen molar-refractivity contribution in [1.29, 1.82) is 5.41 Å². The smallest absolute Gasteiger partial charge is 0.227 e. The lowest BCUT2D eigenvalue weighted by Gasteiger charge is -2.23. The topological polar surface area (TPSA) is 104 Å². The van der Waals surface area contributed by atoms with Gasteiger partial charge in [0.05, 0.1) is 11.3 Å². The lowest BCUT2D eigenvalue weighted by molar-refractivity contribution is -0.131. The zero-order valence-electron chi connectivity index (χ0n) is 19.6. The highest BCUT2D eigenvalue weighted by atomic mass is 32.2. The molecule has 1 amide bonds. The molecule has 178 valence electrons. The van der Waals surface area contributed by atoms with Crippen molar-refractivity contribution >= 4 is 21.6 Å². The first-order valence-corrected chi connectivity index (χ1v) is 13.2. The number of amidine groups is 1. The van der Waals surface area contributed by atoms with E-state index in [4.69, 9.17) is 11.1 Å². The summed E-state index contributed by atoms with van der Waals surface area (Å²) in [6, 6.07) is 21.9. The summed E-state index contributed by atoms with van der Waals surface area (Å²) in [5, 5.41) is 7.66. The first kappa shape index (κ1) is 25.2. The van der Waals surface area contributed by atoms with Gasteiger partial charge in [-0.3, -0.25) is 10.2 Å². The minimum Gasteiger partial charge on any atom is -0.384 e. The van der Waals surface area contributed by atoms with Gasteiger partial charge in [0.1, 0.15) is 5.84 Å². The minimum atomic E-state index is -3.49. The lowest BCUT2D eigenvalue weighted by Crippen LogP contribution is -2.33. The predicted octanol–water partition coefficient (Wildman–Crippen LogP) is 4.41. The van der Waals surface area contributed by atoms with Gasteiger partial charge >= 0.3 is 0 Å². The first-order chi connectivity index (χ1) is 16.2. The number of hydrogen-bond donors (Lipinski definition) is 2. The van der Waals surface area contributed by atoms with Crippen LogP contribution in [-0.4, -0.2) is 37.9 Å². The Bertz CT molecular complexity index is 1270. The Labute approximate surface area is 201 Å². The summed E-state index contributed by atoms with van der Waals surface area (Å²) in [6.07, 6.45) is 3.10. The van der Waals surface area contributed by atoms with Crippen LogP contribution in [-0.2, 0) is 27.6 Å². The molecule has 0 aliphatic rings. The highest BCUT2D eigenvalue weighted by Crippen LogP contribution is 2.28. The molecular weight excluding hydrogens is 446 g/mol. The molecule has 7 heteroatoms. The van der Waals surface area contributed by atoms with E-state index in [2.05, 4.69) is 6.92 Å². The Hall–Kier alpha value is -3.45. The van der Waals surface area contributed by atoms with Crippen molar-refractivity contribution in [2.75, 3.05) is 12.8 Å². The number of nitrogen functional groups attached to an aromatic ring is 1. The van der Waals surface area contributed by atoms with E-state index in [1.807, 2.05) is 54.6 Å². The molecule has 0 fully saturated rings. The van der Waals surface area contributed by atoms with Gasteiger partial charge < -0.3 is 10.6 Å². The average Bonchev–Trinajstić information content (AvgIpc) is 2.81. The van der Waals surface area contributed by atoms with Crippen LogP contribution in [0.25, 0.3) is 11.1 Å². The summed E-state index contributed by atoms with van der Waals surface area (Å²) in [6.45, 7) is 3.07. The number of amides is 1. The first-order valence-electron chi connectivity index (χ1n) is 11.3. The summed E-state index contributed by atoms with van der Waals surface area (Å²) in [7, 11) is -3.49. The third-order valence-electron chi connectivity index (χ3n) is 5.63. The highest BCUT2D eigenvalue weighted by Gasteiger charge is 2.19. The van der Waals surface area contributed by atoms with Gasteiger partial charge in [-0.25, -0.2) is 8.42 Å². The zero-order chi connectivity index (χ0) is 24.7. The number of hydrogen-bond acceptors (Lipinski definition) is 4. The van der Waals surface area contributed by atoms with Crippen LogP contribution in [0.4, 0.5) is 0 Å². The molecule has 0 radical (unpaired) electrons. The molecule has 3 rings (SSSR count). The fraction of sp³-hybridized carbons (Fsp3) is 0.259. The molecule has 0 aromatic heterocycles. The van der Waals surface area contributed by atoms with Crippen molar-refractivity contribution in [2.45, 2.75) is 37.6 Å². The van der Waals surface area contributed by atoms with E-state index in [1.165, 1.54) is 6.26 Å². The average molecular weight is 478 g/mol. The number of nitrogens with one attached hydrogen (secondary N) is 1. The molecule has 3 N–H and O–H groups in total. The van der Waals surface area contributed by atoms with Crippen LogP contribution in [0, 0.1) is 5.41 Å². The maximum absolute atomic E-state index is 13.3. The molecule has 0 atom stereocenters. The molecule has 0 bridgehead atoms. The van der Waals surface area contributed by atoms with E-state index >= 15 is 0 Å². The van der Waals surface area contributed by atoms with Crippen LogP contribution in [0.5, 0.6) is 0 Å². The Balaban J connectivity index is 1.87. The fourth-order valence-electron chi connectivity index (χ4n) is 3.82. The van der Waals surface area contributed by atoms with Gasteiger partial charge in [0.25, 0.3) is 0 Å². The van der Waals surface area contributed by atoms with Crippen LogP contribution in [0.15, 0.2) is 77.7 Å². The number of nitrogens with two attached hydrogens (primary N) is 1. The summed E-state index contributed by atoms with van der Waals surface area (Å²) in [5.74, 6) is -0.0892. The third-order valence-corrected chi connectivity index (χ3v) is 6.77. The van der Waals surface area contributed by atoms with Crippen molar-refractivity contribution in [1.82, 2.24) is 4.90 Å². The van der Waals surface area contributed by atoms with Crippen LogP contribution in [0.3, 0.4) is 0 Å². The number of rotatable bonds is 10. The minimum absolute atomic E-state index is 0.0138. The molecule has 0 heterocycles. The molecule has 3 aromatic carbocycles. The molecule has 0 saturated heterocycles. The second kappa shape index (κ2) is 11.1. The van der Waals surface area contributed by atoms with Crippen LogP contribution in [0.2, 0.25) is 0 Å². The van der Waals surface area contributed by atoms with Gasteiger partial charge in [-0.1, -0.05) is 74.0 Å². The quantitative estimate of drug-likeness (QED) is 0.333. The van der Waals surface area contributed by atoms with E-state index < -0.39 is 9.84 Å². The molecule has 0 saturated carbocycles. The Morgan fingerprint density at radius 2 is 1.71 bits per heavy atom. The van der Waals surface area contributed by atoms with E-state index in [1.54, 1.807) is 23.1 Å². The second-order valence-electron chi connectivity index (χ2n) is 8.43. The van der Waals surface area contributed by atoms with Crippen molar-refractivity contribution in [3.63, 3.8) is 0 Å². The molecule has 3 aromatic rings. The van der Waals surface area contributed by atoms with Crippen molar-refractivity contribution in [2.24, 2.45) is 5.73 Å². The Morgan fingerprint density at radius 3 is 2.35 bits per heavy atom. The summed E-state index contributed by atoms with van der Waals surface area (Å²) in [4.78, 5) is 15.3. The van der Waals surface area contributed by atoms with Crippen molar-refractivity contribution in [3.05, 3.63) is 89.5 Å². The van der Waals surface area contributed by atoms with Crippen molar-refractivity contribution < 1.29 is 13.2 Å². The van der Waals surface area contributed by atoms with Gasteiger partial charge in [-0.05, 0) is 35.2 Å². The van der Waals surface area contributed by atoms with Gasteiger partial charge in [0, 0.05) is 30.5 Å². The summed E-state index contributed by atoms with van der Waals surface area (Å²) >= 11 is 0. The summed E-state index contributed by atoms with van der Waals surface area (Å²) < 4.78 is 25.1. The lowest BCUT2D eigenvalue weighted by atomic mass is 10.0. The van der Waals surface area contributed by atoms with Gasteiger partial charge in [0.2, 0.25) is 5.91 Å². The molecule has 6 nitrogen and oxygen atoms in total. The monoisotopic (exact) mass is 477 g/mol.